The Hall–Kier alpha value is -2.44. The van der Waals surface area contributed by atoms with Gasteiger partial charge in [0.2, 0.25) is 15.7 Å². The Kier molecular flexibility index (Phi) is 8.72. The maximum atomic E-state index is 12.8. The van der Waals surface area contributed by atoms with Crippen LogP contribution in [0.4, 0.5) is 5.82 Å². The molecule has 0 spiro atoms. The zero-order valence-electron chi connectivity index (χ0n) is 20.6. The molecule has 34 heavy (non-hydrogen) atoms. The van der Waals surface area contributed by atoms with Gasteiger partial charge in [-0.1, -0.05) is 31.2 Å². The van der Waals surface area contributed by atoms with Crippen LogP contribution in [0.3, 0.4) is 0 Å². The first-order chi connectivity index (χ1) is 16.2. The standard InChI is InChI=1S/C25H34N3O4PS/c1-6-18-9-11-19(12-10-18)16-21-22(24(29)26-3)20-15-17(2)23(27-25(20)32-21)28(34(5,30)31)13-7-8-14-33-4/h9-12,15,33H,6-8,13-14,16H2,1-5H3,(H,26,29). The molecule has 1 amide bonds. The first kappa shape index (κ1) is 26.2. The van der Waals surface area contributed by atoms with Crippen LogP contribution in [0.1, 0.15) is 52.6 Å². The summed E-state index contributed by atoms with van der Waals surface area (Å²) in [7, 11) is -1.09. The van der Waals surface area contributed by atoms with Gasteiger partial charge in [-0.15, -0.1) is 8.58 Å². The molecule has 2 heterocycles. The van der Waals surface area contributed by atoms with Gasteiger partial charge < -0.3 is 9.73 Å². The first-order valence-electron chi connectivity index (χ1n) is 11.5. The summed E-state index contributed by atoms with van der Waals surface area (Å²) in [6.45, 7) is 6.43. The van der Waals surface area contributed by atoms with Gasteiger partial charge >= 0.3 is 0 Å². The van der Waals surface area contributed by atoms with E-state index in [4.69, 9.17) is 4.42 Å². The van der Waals surface area contributed by atoms with E-state index in [1.807, 2.05) is 19.1 Å². The lowest BCUT2D eigenvalue weighted by atomic mass is 10.0. The highest BCUT2D eigenvalue weighted by Gasteiger charge is 2.26. The molecule has 0 radical (unpaired) electrons. The number of hydrogen-bond donors (Lipinski definition) is 1. The summed E-state index contributed by atoms with van der Waals surface area (Å²) in [5, 5.41) is 3.28. The summed E-state index contributed by atoms with van der Waals surface area (Å²) in [5.74, 6) is 0.607. The lowest BCUT2D eigenvalue weighted by molar-refractivity contribution is 0.0962. The van der Waals surface area contributed by atoms with Crippen molar-refractivity contribution in [3.05, 3.63) is 58.3 Å². The fourth-order valence-electron chi connectivity index (χ4n) is 3.98. The van der Waals surface area contributed by atoms with Crippen molar-refractivity contribution in [2.45, 2.75) is 39.5 Å². The van der Waals surface area contributed by atoms with Crippen LogP contribution in [0.15, 0.2) is 34.7 Å². The normalized spacial score (nSPS) is 12.0. The Balaban J connectivity index is 2.06. The van der Waals surface area contributed by atoms with Crippen molar-refractivity contribution in [2.24, 2.45) is 0 Å². The zero-order valence-corrected chi connectivity index (χ0v) is 22.4. The van der Waals surface area contributed by atoms with Crippen LogP contribution in [0.5, 0.6) is 0 Å². The van der Waals surface area contributed by atoms with Crippen molar-refractivity contribution < 1.29 is 17.6 Å². The van der Waals surface area contributed by atoms with E-state index < -0.39 is 10.0 Å². The van der Waals surface area contributed by atoms with Crippen LogP contribution >= 0.6 is 8.58 Å². The molecule has 0 saturated carbocycles. The summed E-state index contributed by atoms with van der Waals surface area (Å²) in [5.41, 5.74) is 3.65. The van der Waals surface area contributed by atoms with Crippen molar-refractivity contribution in [3.8, 4) is 0 Å². The monoisotopic (exact) mass is 503 g/mol. The van der Waals surface area contributed by atoms with Gasteiger partial charge in [0.15, 0.2) is 0 Å². The van der Waals surface area contributed by atoms with Gasteiger partial charge in [-0.3, -0.25) is 9.10 Å². The Morgan fingerprint density at radius 1 is 1.18 bits per heavy atom. The van der Waals surface area contributed by atoms with Crippen LogP contribution < -0.4 is 9.62 Å². The molecule has 0 aliphatic carbocycles. The second-order valence-corrected chi connectivity index (χ2v) is 11.6. The second kappa shape index (κ2) is 11.3. The summed E-state index contributed by atoms with van der Waals surface area (Å²) in [6, 6.07) is 10.0. The number of aromatic nitrogens is 1. The molecule has 0 saturated heterocycles. The number of anilines is 1. The van der Waals surface area contributed by atoms with Gasteiger partial charge in [0.25, 0.3) is 5.91 Å². The van der Waals surface area contributed by atoms with Crippen LogP contribution in [-0.2, 0) is 22.9 Å². The van der Waals surface area contributed by atoms with Crippen molar-refractivity contribution in [1.29, 1.82) is 0 Å². The van der Waals surface area contributed by atoms with Crippen molar-refractivity contribution in [1.82, 2.24) is 10.3 Å². The van der Waals surface area contributed by atoms with E-state index in [2.05, 4.69) is 36.0 Å². The maximum absolute atomic E-state index is 12.8. The molecule has 0 fully saturated rings. The average Bonchev–Trinajstić information content (AvgIpc) is 3.14. The van der Waals surface area contributed by atoms with Gasteiger partial charge in [-0.2, -0.15) is 4.98 Å². The molecule has 1 N–H and O–H groups in total. The third kappa shape index (κ3) is 5.97. The van der Waals surface area contributed by atoms with Crippen molar-refractivity contribution in [3.63, 3.8) is 0 Å². The van der Waals surface area contributed by atoms with Gasteiger partial charge in [0, 0.05) is 20.0 Å². The van der Waals surface area contributed by atoms with Crippen LogP contribution in [0, 0.1) is 6.92 Å². The van der Waals surface area contributed by atoms with E-state index in [1.54, 1.807) is 13.1 Å². The van der Waals surface area contributed by atoms with E-state index in [9.17, 15) is 13.2 Å². The van der Waals surface area contributed by atoms with Crippen LogP contribution in [-0.4, -0.2) is 52.0 Å². The van der Waals surface area contributed by atoms with E-state index >= 15 is 0 Å². The number of carbonyl (C=O) groups excluding carboxylic acids is 1. The number of nitrogens with one attached hydrogen (secondary N) is 1. The largest absolute Gasteiger partial charge is 0.441 e. The molecular weight excluding hydrogens is 469 g/mol. The first-order valence-corrected chi connectivity index (χ1v) is 15.1. The van der Waals surface area contributed by atoms with Gasteiger partial charge in [0.05, 0.1) is 17.2 Å². The minimum atomic E-state index is -3.52. The summed E-state index contributed by atoms with van der Waals surface area (Å²) in [4.78, 5) is 17.4. The van der Waals surface area contributed by atoms with Gasteiger partial charge in [-0.05, 0) is 61.8 Å². The third-order valence-electron chi connectivity index (χ3n) is 5.84. The third-order valence-corrected chi connectivity index (χ3v) is 7.85. The summed E-state index contributed by atoms with van der Waals surface area (Å²) >= 11 is 0. The average molecular weight is 504 g/mol. The van der Waals surface area contributed by atoms with Gasteiger partial charge in [-0.25, -0.2) is 8.42 Å². The molecule has 0 aliphatic heterocycles. The Morgan fingerprint density at radius 3 is 2.44 bits per heavy atom. The van der Waals surface area contributed by atoms with E-state index in [0.29, 0.717) is 41.1 Å². The highest BCUT2D eigenvalue weighted by molar-refractivity contribution is 7.92. The van der Waals surface area contributed by atoms with Gasteiger partial charge in [0.1, 0.15) is 11.6 Å². The number of benzene rings is 1. The molecule has 1 unspecified atom stereocenters. The number of rotatable bonds is 11. The summed E-state index contributed by atoms with van der Waals surface area (Å²) < 4.78 is 32.6. The Labute approximate surface area is 204 Å². The topological polar surface area (TPSA) is 92.5 Å². The minimum absolute atomic E-state index is 0.256. The fraction of sp³-hybridized carbons (Fsp3) is 0.440. The van der Waals surface area contributed by atoms with Crippen molar-refractivity contribution in [2.75, 3.05) is 37.0 Å². The molecule has 3 aromatic rings. The number of amides is 1. The SMILES string of the molecule is CCc1ccc(Cc2oc3nc(N(CCCCPC)S(C)(=O)=O)c(C)cc3c2C(=O)NC)cc1. The predicted octanol–water partition coefficient (Wildman–Crippen LogP) is 4.50. The lowest BCUT2D eigenvalue weighted by Gasteiger charge is -2.22. The lowest BCUT2D eigenvalue weighted by Crippen LogP contribution is -2.32. The highest BCUT2D eigenvalue weighted by atomic mass is 32.2. The predicted molar refractivity (Wildman–Crippen MR) is 141 cm³/mol. The van der Waals surface area contributed by atoms with E-state index in [0.717, 1.165) is 39.6 Å². The minimum Gasteiger partial charge on any atom is -0.441 e. The Bertz CT molecular complexity index is 1250. The molecule has 2 aromatic heterocycles. The number of unbranched alkanes of at least 4 members (excludes halogenated alkanes) is 1. The molecule has 1 aromatic carbocycles. The number of carbonyl (C=O) groups is 1. The summed E-state index contributed by atoms with van der Waals surface area (Å²) in [6.07, 6.45) is 5.39. The molecular formula is C25H34N3O4PS. The Morgan fingerprint density at radius 2 is 1.85 bits per heavy atom. The van der Waals surface area contributed by atoms with Crippen LogP contribution in [0.25, 0.3) is 11.1 Å². The number of nitrogens with zero attached hydrogens (tertiary/aromatic N) is 2. The zero-order chi connectivity index (χ0) is 24.9. The molecule has 9 heteroatoms. The number of fused-ring (bicyclic) bond motifs is 1. The molecule has 3 rings (SSSR count). The highest BCUT2D eigenvalue weighted by Crippen LogP contribution is 2.32. The molecule has 184 valence electrons. The molecule has 1 atom stereocenters. The number of sulfonamides is 1. The van der Waals surface area contributed by atoms with E-state index in [1.165, 1.54) is 16.1 Å². The van der Waals surface area contributed by atoms with E-state index in [-0.39, 0.29) is 11.6 Å². The maximum Gasteiger partial charge on any atom is 0.255 e. The number of aryl methyl sites for hydroxylation is 2. The van der Waals surface area contributed by atoms with Crippen LogP contribution in [0.2, 0.25) is 0 Å². The quantitative estimate of drug-likeness (QED) is 0.307. The smallest absolute Gasteiger partial charge is 0.255 e. The fourth-order valence-corrected chi connectivity index (χ4v) is 5.54. The molecule has 0 aliphatic rings. The molecule has 7 nitrogen and oxygen atoms in total. The number of hydrogen-bond acceptors (Lipinski definition) is 5. The van der Waals surface area contributed by atoms with Crippen molar-refractivity contribution >= 4 is 41.4 Å². The number of pyridine rings is 1. The second-order valence-electron chi connectivity index (χ2n) is 8.45. The molecule has 0 bridgehead atoms. The number of furan rings is 1.